The molecule has 6 aromatic rings. The Kier molecular flexibility index (Phi) is 5.24. The molecule has 0 bridgehead atoms. The van der Waals surface area contributed by atoms with Crippen LogP contribution in [0.25, 0.3) is 50.5 Å². The monoisotopic (exact) mass is 490 g/mol. The molecule has 7 heterocycles. The van der Waals surface area contributed by atoms with Crippen molar-refractivity contribution in [1.29, 1.82) is 0 Å². The van der Waals surface area contributed by atoms with Gasteiger partial charge in [-0.1, -0.05) is 6.42 Å². The molecule has 7 rings (SSSR count). The van der Waals surface area contributed by atoms with E-state index < -0.39 is 0 Å². The van der Waals surface area contributed by atoms with E-state index >= 15 is 0 Å². The first-order valence-corrected chi connectivity index (χ1v) is 12.6. The van der Waals surface area contributed by atoms with Crippen LogP contribution in [0.15, 0.2) is 55.5 Å². The minimum absolute atomic E-state index is 0.639. The van der Waals surface area contributed by atoms with Gasteiger partial charge in [-0.25, -0.2) is 19.9 Å². The average molecular weight is 491 g/mol. The second-order valence-electron chi connectivity index (χ2n) is 9.65. The maximum absolute atomic E-state index is 4.89. The van der Waals surface area contributed by atoms with Crippen molar-refractivity contribution in [3.8, 4) is 28.5 Å². The molecule has 0 saturated carbocycles. The molecule has 0 radical (unpaired) electrons. The normalized spacial score (nSPS) is 14.6. The summed E-state index contributed by atoms with van der Waals surface area (Å²) in [5.41, 5.74) is 7.24. The number of piperidine rings is 1. The fourth-order valence-corrected chi connectivity index (χ4v) is 5.11. The van der Waals surface area contributed by atoms with Crippen LogP contribution in [0.3, 0.4) is 0 Å². The van der Waals surface area contributed by atoms with Crippen molar-refractivity contribution in [2.45, 2.75) is 32.7 Å². The molecule has 0 unspecified atom stereocenters. The highest BCUT2D eigenvalue weighted by Crippen LogP contribution is 2.30. The van der Waals surface area contributed by atoms with E-state index in [1.165, 1.54) is 24.8 Å². The summed E-state index contributed by atoms with van der Waals surface area (Å²) in [6, 6.07) is 6.24. The summed E-state index contributed by atoms with van der Waals surface area (Å²) in [7, 11) is 0. The van der Waals surface area contributed by atoms with Crippen LogP contribution in [0, 0.1) is 6.92 Å². The molecule has 184 valence electrons. The zero-order valence-corrected chi connectivity index (χ0v) is 20.5. The molecule has 0 amide bonds. The maximum atomic E-state index is 4.89. The van der Waals surface area contributed by atoms with Gasteiger partial charge in [0.05, 0.1) is 16.6 Å². The van der Waals surface area contributed by atoms with Crippen LogP contribution in [0.1, 0.15) is 30.5 Å². The Morgan fingerprint density at radius 3 is 2.73 bits per heavy atom. The number of rotatable bonds is 5. The third kappa shape index (κ3) is 4.05. The SMILES string of the molecule is Cc1cn(-c2nccc3[nH]c(-c4[nH]nc5ncc(-c6cncc(CN7CCCCC7)c6)cc45)nc23)cn1. The zero-order valence-electron chi connectivity index (χ0n) is 20.5. The van der Waals surface area contributed by atoms with Crippen molar-refractivity contribution in [2.75, 3.05) is 13.1 Å². The van der Waals surface area contributed by atoms with Gasteiger partial charge in [0, 0.05) is 48.7 Å². The van der Waals surface area contributed by atoms with Crippen molar-refractivity contribution < 1.29 is 0 Å². The molecule has 0 aromatic carbocycles. The van der Waals surface area contributed by atoms with Gasteiger partial charge in [-0.15, -0.1) is 0 Å². The zero-order chi connectivity index (χ0) is 24.8. The fraction of sp³-hybridized carbons (Fsp3) is 0.259. The Morgan fingerprint density at radius 1 is 0.973 bits per heavy atom. The predicted molar refractivity (Wildman–Crippen MR) is 141 cm³/mol. The summed E-state index contributed by atoms with van der Waals surface area (Å²) < 4.78 is 1.89. The summed E-state index contributed by atoms with van der Waals surface area (Å²) in [5, 5.41) is 8.45. The Hall–Kier alpha value is -4.44. The van der Waals surface area contributed by atoms with Crippen molar-refractivity contribution in [1.82, 2.24) is 49.6 Å². The third-order valence-corrected chi connectivity index (χ3v) is 6.97. The topological polar surface area (TPSA) is 117 Å². The van der Waals surface area contributed by atoms with Gasteiger partial charge in [0.2, 0.25) is 0 Å². The number of fused-ring (bicyclic) bond motifs is 2. The van der Waals surface area contributed by atoms with E-state index in [2.05, 4.69) is 52.1 Å². The van der Waals surface area contributed by atoms with Crippen molar-refractivity contribution in [3.63, 3.8) is 0 Å². The number of H-pyrrole nitrogens is 2. The molecule has 1 aliphatic rings. The van der Waals surface area contributed by atoms with E-state index in [0.717, 1.165) is 64.4 Å². The Morgan fingerprint density at radius 2 is 1.86 bits per heavy atom. The van der Waals surface area contributed by atoms with E-state index in [4.69, 9.17) is 4.98 Å². The number of aryl methyl sites for hydroxylation is 1. The summed E-state index contributed by atoms with van der Waals surface area (Å²) in [6.07, 6.45) is 15.1. The Labute approximate surface area is 212 Å². The van der Waals surface area contributed by atoms with Crippen molar-refractivity contribution >= 4 is 22.1 Å². The van der Waals surface area contributed by atoms with E-state index in [9.17, 15) is 0 Å². The molecule has 1 aliphatic heterocycles. The summed E-state index contributed by atoms with van der Waals surface area (Å²) in [6.45, 7) is 5.20. The number of nitrogens with one attached hydrogen (secondary N) is 2. The van der Waals surface area contributed by atoms with Gasteiger partial charge in [0.25, 0.3) is 0 Å². The van der Waals surface area contributed by atoms with Crippen molar-refractivity contribution in [3.05, 3.63) is 66.8 Å². The number of likely N-dealkylation sites (tertiary alicyclic amines) is 1. The maximum Gasteiger partial charge on any atom is 0.181 e. The second-order valence-corrected chi connectivity index (χ2v) is 9.65. The van der Waals surface area contributed by atoms with Gasteiger partial charge in [-0.3, -0.25) is 19.5 Å². The van der Waals surface area contributed by atoms with Gasteiger partial charge < -0.3 is 4.98 Å². The number of imidazole rings is 2. The second kappa shape index (κ2) is 8.90. The van der Waals surface area contributed by atoms with Crippen LogP contribution in [0.5, 0.6) is 0 Å². The van der Waals surface area contributed by atoms with Gasteiger partial charge >= 0.3 is 0 Å². The number of hydrogen-bond acceptors (Lipinski definition) is 7. The first kappa shape index (κ1) is 21.8. The molecule has 1 fully saturated rings. The molecule has 0 atom stereocenters. The fourth-order valence-electron chi connectivity index (χ4n) is 5.11. The minimum atomic E-state index is 0.639. The lowest BCUT2D eigenvalue weighted by Gasteiger charge is -2.26. The molecule has 10 nitrogen and oxygen atoms in total. The molecule has 0 spiro atoms. The predicted octanol–water partition coefficient (Wildman–Crippen LogP) is 4.44. The number of aromatic nitrogens is 9. The first-order valence-electron chi connectivity index (χ1n) is 12.6. The van der Waals surface area contributed by atoms with Crippen LogP contribution in [0.4, 0.5) is 0 Å². The van der Waals surface area contributed by atoms with Gasteiger partial charge in [-0.05, 0) is 56.6 Å². The van der Waals surface area contributed by atoms with E-state index in [-0.39, 0.29) is 0 Å². The van der Waals surface area contributed by atoms with E-state index in [0.29, 0.717) is 11.5 Å². The summed E-state index contributed by atoms with van der Waals surface area (Å²) in [5.74, 6) is 1.40. The van der Waals surface area contributed by atoms with Crippen LogP contribution in [-0.2, 0) is 6.54 Å². The quantitative estimate of drug-likeness (QED) is 0.367. The van der Waals surface area contributed by atoms with Gasteiger partial charge in [0.1, 0.15) is 17.5 Å². The number of aromatic amines is 2. The van der Waals surface area contributed by atoms with Crippen molar-refractivity contribution in [2.24, 2.45) is 0 Å². The highest BCUT2D eigenvalue weighted by atomic mass is 15.2. The lowest BCUT2D eigenvalue weighted by Crippen LogP contribution is -2.29. The average Bonchev–Trinajstić information content (AvgIpc) is 3.66. The molecule has 1 saturated heterocycles. The molecule has 2 N–H and O–H groups in total. The first-order chi connectivity index (χ1) is 18.2. The summed E-state index contributed by atoms with van der Waals surface area (Å²) >= 11 is 0. The largest absolute Gasteiger partial charge is 0.336 e. The van der Waals surface area contributed by atoms with Crippen LogP contribution in [-0.4, -0.2) is 62.7 Å². The number of nitrogens with zero attached hydrogens (tertiary/aromatic N) is 8. The lowest BCUT2D eigenvalue weighted by molar-refractivity contribution is 0.220. The molecular weight excluding hydrogens is 464 g/mol. The standard InChI is InChI=1S/C27H26N10/c1-17-14-37(16-31-17)27-24-22(5-6-29-27)32-26(33-24)23-21-10-20(13-30-25(21)35-34-23)19-9-18(11-28-12-19)15-36-7-3-2-4-8-36/h5-6,9-14,16H,2-4,7-8,15H2,1H3,(H,32,33)(H,30,34,35). The molecule has 37 heavy (non-hydrogen) atoms. The van der Waals surface area contributed by atoms with Gasteiger partial charge in [-0.2, -0.15) is 5.10 Å². The highest BCUT2D eigenvalue weighted by Gasteiger charge is 2.17. The molecule has 0 aliphatic carbocycles. The van der Waals surface area contributed by atoms with Gasteiger partial charge in [0.15, 0.2) is 17.3 Å². The third-order valence-electron chi connectivity index (χ3n) is 6.97. The Balaban J connectivity index is 1.26. The lowest BCUT2D eigenvalue weighted by atomic mass is 10.1. The van der Waals surface area contributed by atoms with E-state index in [1.54, 1.807) is 12.5 Å². The molecular formula is C27H26N10. The van der Waals surface area contributed by atoms with E-state index in [1.807, 2.05) is 42.3 Å². The minimum Gasteiger partial charge on any atom is -0.336 e. The number of pyridine rings is 3. The highest BCUT2D eigenvalue weighted by molar-refractivity contribution is 5.94. The molecule has 10 heteroatoms. The smallest absolute Gasteiger partial charge is 0.181 e. The summed E-state index contributed by atoms with van der Waals surface area (Å²) in [4.78, 5) is 28.8. The molecule has 6 aromatic heterocycles. The number of hydrogen-bond donors (Lipinski definition) is 2. The Bertz CT molecular complexity index is 1720. The van der Waals surface area contributed by atoms with Crippen LogP contribution in [0.2, 0.25) is 0 Å². The van der Waals surface area contributed by atoms with Crippen LogP contribution < -0.4 is 0 Å². The van der Waals surface area contributed by atoms with Crippen LogP contribution >= 0.6 is 0 Å².